The molecule has 1 amide bonds. The van der Waals surface area contributed by atoms with Gasteiger partial charge in [0.15, 0.2) is 0 Å². The average molecular weight is 280 g/mol. The largest absolute Gasteiger partial charge is 0.499 e. The van der Waals surface area contributed by atoms with Crippen molar-refractivity contribution < 1.29 is 9.53 Å². The van der Waals surface area contributed by atoms with Crippen LogP contribution in [0.15, 0.2) is 35.1 Å². The van der Waals surface area contributed by atoms with Gasteiger partial charge in [-0.15, -0.1) is 0 Å². The van der Waals surface area contributed by atoms with Crippen molar-refractivity contribution in [3.8, 4) is 0 Å². The maximum atomic E-state index is 11.2. The van der Waals surface area contributed by atoms with Crippen molar-refractivity contribution in [3.63, 3.8) is 0 Å². The van der Waals surface area contributed by atoms with Crippen molar-refractivity contribution in [1.82, 2.24) is 5.32 Å². The van der Waals surface area contributed by atoms with E-state index in [-0.39, 0.29) is 11.8 Å². The molecule has 4 nitrogen and oxygen atoms in total. The summed E-state index contributed by atoms with van der Waals surface area (Å²) in [7, 11) is 0. The summed E-state index contributed by atoms with van der Waals surface area (Å²) in [6.45, 7) is 11.9. The van der Waals surface area contributed by atoms with Crippen LogP contribution in [-0.4, -0.2) is 25.6 Å². The molecule has 0 atom stereocenters. The van der Waals surface area contributed by atoms with Crippen LogP contribution in [0.2, 0.25) is 0 Å². The molecule has 0 aromatic carbocycles. The molecule has 4 heteroatoms. The van der Waals surface area contributed by atoms with Gasteiger partial charge in [-0.1, -0.05) is 31.6 Å². The minimum atomic E-state index is -0.343. The van der Waals surface area contributed by atoms with E-state index in [4.69, 9.17) is 10.5 Å². The lowest BCUT2D eigenvalue weighted by Crippen LogP contribution is -2.21. The van der Waals surface area contributed by atoms with Crippen molar-refractivity contribution >= 4 is 5.91 Å². The number of hydrogen-bond donors (Lipinski definition) is 2. The van der Waals surface area contributed by atoms with Crippen LogP contribution in [0.1, 0.15) is 34.6 Å². The smallest absolute Gasteiger partial charge is 0.244 e. The van der Waals surface area contributed by atoms with Gasteiger partial charge in [0.25, 0.3) is 0 Å². The molecule has 0 heterocycles. The molecular formula is C16H28N2O2. The van der Waals surface area contributed by atoms with Gasteiger partial charge in [-0.3, -0.25) is 4.79 Å². The van der Waals surface area contributed by atoms with Gasteiger partial charge in [0.05, 0.1) is 12.4 Å². The minimum absolute atomic E-state index is 0.155. The Morgan fingerprint density at radius 3 is 2.45 bits per heavy atom. The number of allylic oxidation sites excluding steroid dienone is 3. The van der Waals surface area contributed by atoms with Crippen LogP contribution >= 0.6 is 0 Å². The molecular weight excluding hydrogens is 252 g/mol. The van der Waals surface area contributed by atoms with Crippen molar-refractivity contribution in [2.75, 3.05) is 19.7 Å². The Kier molecular flexibility index (Phi) is 9.47. The van der Waals surface area contributed by atoms with Crippen molar-refractivity contribution in [1.29, 1.82) is 0 Å². The average Bonchev–Trinajstić information content (AvgIpc) is 2.35. The number of carbonyl (C=O) groups excluding carboxylic acids is 1. The minimum Gasteiger partial charge on any atom is -0.499 e. The molecule has 0 aliphatic heterocycles. The summed E-state index contributed by atoms with van der Waals surface area (Å²) < 4.78 is 5.34. The molecule has 20 heavy (non-hydrogen) atoms. The summed E-state index contributed by atoms with van der Waals surface area (Å²) in [5.41, 5.74) is 7.19. The van der Waals surface area contributed by atoms with E-state index in [9.17, 15) is 4.79 Å². The summed E-state index contributed by atoms with van der Waals surface area (Å²) in [5, 5.41) is 3.26. The number of primary amides is 1. The molecule has 0 spiro atoms. The van der Waals surface area contributed by atoms with Gasteiger partial charge >= 0.3 is 0 Å². The molecule has 0 rings (SSSR count). The van der Waals surface area contributed by atoms with Gasteiger partial charge in [0.2, 0.25) is 5.91 Å². The first-order chi connectivity index (χ1) is 9.38. The predicted molar refractivity (Wildman–Crippen MR) is 84.1 cm³/mol. The lowest BCUT2D eigenvalue weighted by Gasteiger charge is -2.08. The van der Waals surface area contributed by atoms with E-state index in [1.165, 1.54) is 5.57 Å². The summed E-state index contributed by atoms with van der Waals surface area (Å²) in [4.78, 5) is 11.2. The first-order valence-electron chi connectivity index (χ1n) is 7.05. The number of nitrogens with one attached hydrogen (secondary N) is 1. The summed E-state index contributed by atoms with van der Waals surface area (Å²) >= 11 is 0. The fourth-order valence-corrected chi connectivity index (χ4v) is 1.67. The number of ether oxygens (including phenoxy) is 1. The molecule has 0 radical (unpaired) electrons. The van der Waals surface area contributed by atoms with Gasteiger partial charge in [-0.2, -0.15) is 0 Å². The predicted octanol–water partition coefficient (Wildman–Crippen LogP) is 2.53. The molecule has 0 aliphatic carbocycles. The summed E-state index contributed by atoms with van der Waals surface area (Å²) in [5.74, 6) is 0.717. The Bertz CT molecular complexity index is 393. The Balaban J connectivity index is 4.24. The second-order valence-corrected chi connectivity index (χ2v) is 5.03. The maximum absolute atomic E-state index is 11.2. The van der Waals surface area contributed by atoms with E-state index >= 15 is 0 Å². The van der Waals surface area contributed by atoms with E-state index in [1.54, 1.807) is 0 Å². The molecule has 0 fully saturated rings. The van der Waals surface area contributed by atoms with E-state index in [0.717, 1.165) is 12.3 Å². The van der Waals surface area contributed by atoms with Gasteiger partial charge in [0.1, 0.15) is 0 Å². The normalized spacial score (nSPS) is 13.8. The first kappa shape index (κ1) is 18.4. The second kappa shape index (κ2) is 10.3. The van der Waals surface area contributed by atoms with E-state index in [1.807, 2.05) is 52.8 Å². The van der Waals surface area contributed by atoms with Gasteiger partial charge < -0.3 is 15.8 Å². The van der Waals surface area contributed by atoms with Crippen LogP contribution < -0.4 is 11.1 Å². The third-order valence-electron chi connectivity index (χ3n) is 2.75. The van der Waals surface area contributed by atoms with Crippen molar-refractivity contribution in [3.05, 3.63) is 35.1 Å². The highest BCUT2D eigenvalue weighted by atomic mass is 16.5. The highest BCUT2D eigenvalue weighted by molar-refractivity contribution is 5.92. The summed E-state index contributed by atoms with van der Waals surface area (Å²) in [6, 6.07) is 0. The van der Waals surface area contributed by atoms with Crippen LogP contribution in [0.25, 0.3) is 0 Å². The quantitative estimate of drug-likeness (QED) is 0.295. The monoisotopic (exact) mass is 280 g/mol. The highest BCUT2D eigenvalue weighted by Crippen LogP contribution is 2.07. The summed E-state index contributed by atoms with van der Waals surface area (Å²) in [6.07, 6.45) is 5.85. The van der Waals surface area contributed by atoms with E-state index < -0.39 is 0 Å². The SMILES string of the molecule is CCO/C(C)=C/C=C(\C)CNC/C=C(/C(N)=O)C(C)C. The molecule has 0 aromatic rings. The third kappa shape index (κ3) is 8.53. The molecule has 114 valence electrons. The maximum Gasteiger partial charge on any atom is 0.244 e. The van der Waals surface area contributed by atoms with E-state index in [2.05, 4.69) is 5.32 Å². The zero-order valence-electron chi connectivity index (χ0n) is 13.3. The molecule has 0 saturated heterocycles. The Morgan fingerprint density at radius 2 is 1.95 bits per heavy atom. The molecule has 0 bridgehead atoms. The van der Waals surface area contributed by atoms with Crippen LogP contribution in [0.5, 0.6) is 0 Å². The lowest BCUT2D eigenvalue weighted by atomic mass is 10.0. The third-order valence-corrected chi connectivity index (χ3v) is 2.75. The van der Waals surface area contributed by atoms with Crippen LogP contribution in [0.4, 0.5) is 0 Å². The Labute approximate surface area is 122 Å². The van der Waals surface area contributed by atoms with Crippen molar-refractivity contribution in [2.45, 2.75) is 34.6 Å². The van der Waals surface area contributed by atoms with Crippen LogP contribution in [0, 0.1) is 5.92 Å². The molecule has 0 aliphatic rings. The van der Waals surface area contributed by atoms with Gasteiger partial charge in [0, 0.05) is 18.7 Å². The number of amides is 1. The van der Waals surface area contributed by atoms with Crippen molar-refractivity contribution in [2.24, 2.45) is 11.7 Å². The molecule has 3 N–H and O–H groups in total. The van der Waals surface area contributed by atoms with Gasteiger partial charge in [-0.25, -0.2) is 0 Å². The second-order valence-electron chi connectivity index (χ2n) is 5.03. The lowest BCUT2D eigenvalue weighted by molar-refractivity contribution is -0.115. The Morgan fingerprint density at radius 1 is 1.30 bits per heavy atom. The number of carbonyl (C=O) groups is 1. The molecule has 0 unspecified atom stereocenters. The molecule has 0 aromatic heterocycles. The first-order valence-corrected chi connectivity index (χ1v) is 7.05. The number of rotatable bonds is 9. The number of hydrogen-bond acceptors (Lipinski definition) is 3. The highest BCUT2D eigenvalue weighted by Gasteiger charge is 2.08. The van der Waals surface area contributed by atoms with Crippen LogP contribution in [-0.2, 0) is 9.53 Å². The Hall–Kier alpha value is -1.55. The fraction of sp³-hybridized carbons (Fsp3) is 0.562. The van der Waals surface area contributed by atoms with Crippen LogP contribution in [0.3, 0.4) is 0 Å². The topological polar surface area (TPSA) is 64.3 Å². The zero-order valence-corrected chi connectivity index (χ0v) is 13.3. The zero-order chi connectivity index (χ0) is 15.5. The van der Waals surface area contributed by atoms with E-state index in [0.29, 0.717) is 18.7 Å². The number of nitrogens with two attached hydrogens (primary N) is 1. The van der Waals surface area contributed by atoms with Gasteiger partial charge in [-0.05, 0) is 32.8 Å². The fourth-order valence-electron chi connectivity index (χ4n) is 1.67. The standard InChI is InChI=1S/C16H28N2O2/c1-6-20-14(5)8-7-13(4)11-18-10-9-15(12(2)3)16(17)19/h7-9,12,18H,6,10-11H2,1-5H3,(H2,17,19)/b13-7+,14-8+,15-9+. The molecule has 0 saturated carbocycles.